The lowest BCUT2D eigenvalue weighted by molar-refractivity contribution is 1.08. The second-order valence-corrected chi connectivity index (χ2v) is 15.2. The molecule has 0 fully saturated rings. The van der Waals surface area contributed by atoms with Gasteiger partial charge < -0.3 is 9.13 Å². The van der Waals surface area contributed by atoms with E-state index >= 15 is 0 Å². The highest BCUT2D eigenvalue weighted by Gasteiger charge is 2.21. The Morgan fingerprint density at radius 3 is 1.67 bits per heavy atom. The molecule has 5 heteroatoms. The molecule has 0 atom stereocenters. The van der Waals surface area contributed by atoms with E-state index in [0.717, 1.165) is 61.0 Å². The summed E-state index contributed by atoms with van der Waals surface area (Å²) in [5.41, 5.74) is 12.1. The van der Waals surface area contributed by atoms with Crippen molar-refractivity contribution in [1.82, 2.24) is 24.1 Å². The second-order valence-electron chi connectivity index (χ2n) is 15.2. The summed E-state index contributed by atoms with van der Waals surface area (Å²) in [5.74, 6) is 1.91. The minimum Gasteiger partial charge on any atom is -0.309 e. The Morgan fingerprint density at radius 1 is 0.300 bits per heavy atom. The number of para-hydroxylation sites is 3. The standard InChI is InChI=1S/C55H35N5/c1-4-16-36(17-5-1)38-20-14-22-40(34-38)54-56-53(37-18-6-2-7-19-37)57-55(58-54)46-27-15-21-39-35-42(30-31-43(39)46)59-49-29-13-11-26-47(49)51-50(59)33-32-45-44-25-10-12-28-48(44)60(52(45)51)41-23-8-3-9-24-41/h1-35H. The Kier molecular flexibility index (Phi) is 7.78. The Labute approximate surface area is 346 Å². The predicted molar refractivity (Wildman–Crippen MR) is 248 cm³/mol. The Bertz CT molecular complexity index is 3590. The summed E-state index contributed by atoms with van der Waals surface area (Å²) in [4.78, 5) is 15.4. The van der Waals surface area contributed by atoms with Gasteiger partial charge in [-0.1, -0.05) is 164 Å². The maximum Gasteiger partial charge on any atom is 0.164 e. The first-order valence-electron chi connectivity index (χ1n) is 20.3. The van der Waals surface area contributed by atoms with Crippen LogP contribution in [0.3, 0.4) is 0 Å². The van der Waals surface area contributed by atoms with Crippen LogP contribution in [-0.4, -0.2) is 24.1 Å². The molecule has 0 spiro atoms. The molecule has 0 aliphatic rings. The first-order chi connectivity index (χ1) is 29.8. The average Bonchev–Trinajstić information content (AvgIpc) is 3.85. The van der Waals surface area contributed by atoms with Gasteiger partial charge in [-0.2, -0.15) is 0 Å². The Morgan fingerprint density at radius 2 is 0.883 bits per heavy atom. The topological polar surface area (TPSA) is 48.5 Å². The fourth-order valence-corrected chi connectivity index (χ4v) is 9.05. The van der Waals surface area contributed by atoms with Crippen molar-refractivity contribution in [3.63, 3.8) is 0 Å². The summed E-state index contributed by atoms with van der Waals surface area (Å²) in [6.07, 6.45) is 0. The highest BCUT2D eigenvalue weighted by Crippen LogP contribution is 2.42. The normalized spacial score (nSPS) is 11.7. The van der Waals surface area contributed by atoms with E-state index < -0.39 is 0 Å². The van der Waals surface area contributed by atoms with Gasteiger partial charge in [-0.3, -0.25) is 0 Å². The van der Waals surface area contributed by atoms with Gasteiger partial charge in [0.1, 0.15) is 0 Å². The first-order valence-corrected chi connectivity index (χ1v) is 20.3. The van der Waals surface area contributed by atoms with Crippen LogP contribution in [-0.2, 0) is 0 Å². The molecule has 0 N–H and O–H groups in total. The predicted octanol–water partition coefficient (Wildman–Crippen LogP) is 13.9. The average molecular weight is 766 g/mol. The fraction of sp³-hybridized carbons (Fsp3) is 0. The molecular weight excluding hydrogens is 731 g/mol. The maximum absolute atomic E-state index is 5.19. The van der Waals surface area contributed by atoms with Crippen molar-refractivity contribution in [2.75, 3.05) is 0 Å². The van der Waals surface area contributed by atoms with Crippen LogP contribution in [0.1, 0.15) is 0 Å². The van der Waals surface area contributed by atoms with Crippen LogP contribution >= 0.6 is 0 Å². The molecule has 0 saturated carbocycles. The maximum atomic E-state index is 5.19. The van der Waals surface area contributed by atoms with Crippen molar-refractivity contribution in [3.05, 3.63) is 212 Å². The van der Waals surface area contributed by atoms with E-state index in [1.165, 1.54) is 32.6 Å². The molecular formula is C55H35N5. The molecule has 0 bridgehead atoms. The summed E-state index contributed by atoms with van der Waals surface area (Å²) in [5, 5.41) is 7.11. The molecule has 0 aliphatic carbocycles. The monoisotopic (exact) mass is 765 g/mol. The number of benzene rings is 9. The van der Waals surface area contributed by atoms with Crippen LogP contribution in [0.2, 0.25) is 0 Å². The highest BCUT2D eigenvalue weighted by molar-refractivity contribution is 6.26. The van der Waals surface area contributed by atoms with Crippen molar-refractivity contribution in [2.45, 2.75) is 0 Å². The lowest BCUT2D eigenvalue weighted by atomic mass is 10.0. The molecule has 280 valence electrons. The lowest BCUT2D eigenvalue weighted by Gasteiger charge is -2.13. The molecule has 12 aromatic rings. The molecule has 9 aromatic carbocycles. The Hall–Kier alpha value is -8.15. The van der Waals surface area contributed by atoms with Crippen LogP contribution < -0.4 is 0 Å². The van der Waals surface area contributed by atoms with Crippen molar-refractivity contribution >= 4 is 54.4 Å². The summed E-state index contributed by atoms with van der Waals surface area (Å²) in [6.45, 7) is 0. The molecule has 0 radical (unpaired) electrons. The van der Waals surface area contributed by atoms with Gasteiger partial charge in [0, 0.05) is 49.6 Å². The summed E-state index contributed by atoms with van der Waals surface area (Å²) < 4.78 is 4.85. The van der Waals surface area contributed by atoms with Gasteiger partial charge in [-0.25, -0.2) is 15.0 Å². The number of hydrogen-bond donors (Lipinski definition) is 0. The van der Waals surface area contributed by atoms with Gasteiger partial charge >= 0.3 is 0 Å². The van der Waals surface area contributed by atoms with Crippen molar-refractivity contribution in [1.29, 1.82) is 0 Å². The third-order valence-corrected chi connectivity index (χ3v) is 11.7. The van der Waals surface area contributed by atoms with E-state index in [1.54, 1.807) is 0 Å². The fourth-order valence-electron chi connectivity index (χ4n) is 9.05. The minimum absolute atomic E-state index is 0.634. The number of nitrogens with zero attached hydrogens (tertiary/aromatic N) is 5. The van der Waals surface area contributed by atoms with E-state index in [0.29, 0.717) is 17.5 Å². The van der Waals surface area contributed by atoms with Crippen LogP contribution in [0, 0.1) is 0 Å². The quantitative estimate of drug-likeness (QED) is 0.169. The zero-order valence-corrected chi connectivity index (χ0v) is 32.4. The number of fused-ring (bicyclic) bond motifs is 8. The molecule has 12 rings (SSSR count). The first kappa shape index (κ1) is 33.9. The summed E-state index contributed by atoms with van der Waals surface area (Å²) in [6, 6.07) is 75.0. The van der Waals surface area contributed by atoms with Crippen LogP contribution in [0.15, 0.2) is 212 Å². The van der Waals surface area contributed by atoms with E-state index in [1.807, 2.05) is 24.3 Å². The van der Waals surface area contributed by atoms with Gasteiger partial charge in [0.2, 0.25) is 0 Å². The molecule has 5 nitrogen and oxygen atoms in total. The van der Waals surface area contributed by atoms with Crippen molar-refractivity contribution in [2.24, 2.45) is 0 Å². The van der Waals surface area contributed by atoms with Crippen LogP contribution in [0.25, 0.3) is 111 Å². The smallest absolute Gasteiger partial charge is 0.164 e. The van der Waals surface area contributed by atoms with E-state index in [2.05, 4.69) is 197 Å². The lowest BCUT2D eigenvalue weighted by Crippen LogP contribution is -2.01. The number of aromatic nitrogens is 5. The number of hydrogen-bond acceptors (Lipinski definition) is 3. The van der Waals surface area contributed by atoms with Crippen molar-refractivity contribution in [3.8, 4) is 56.7 Å². The number of rotatable bonds is 6. The van der Waals surface area contributed by atoms with Gasteiger partial charge in [0.15, 0.2) is 17.5 Å². The van der Waals surface area contributed by atoms with E-state index in [9.17, 15) is 0 Å². The zero-order valence-electron chi connectivity index (χ0n) is 32.4. The third kappa shape index (κ3) is 5.44. The zero-order chi connectivity index (χ0) is 39.6. The SMILES string of the molecule is c1ccc(-c2cccc(-c3nc(-c4ccccc4)nc(-c4cccc5cc(-n6c7ccccc7c7c6ccc6c8ccccc8n(-c8ccccc8)c67)ccc45)n3)c2)cc1. The molecule has 3 heterocycles. The molecule has 0 unspecified atom stereocenters. The van der Waals surface area contributed by atoms with E-state index in [4.69, 9.17) is 15.0 Å². The molecule has 60 heavy (non-hydrogen) atoms. The van der Waals surface area contributed by atoms with Crippen molar-refractivity contribution < 1.29 is 0 Å². The van der Waals surface area contributed by atoms with Crippen LogP contribution in [0.4, 0.5) is 0 Å². The van der Waals surface area contributed by atoms with Gasteiger partial charge in [-0.05, 0) is 70.4 Å². The summed E-state index contributed by atoms with van der Waals surface area (Å²) >= 11 is 0. The molecule has 0 saturated heterocycles. The molecule has 0 amide bonds. The largest absolute Gasteiger partial charge is 0.309 e. The minimum atomic E-state index is 0.634. The van der Waals surface area contributed by atoms with Gasteiger partial charge in [0.05, 0.1) is 22.1 Å². The second kappa shape index (κ2) is 13.8. The molecule has 3 aromatic heterocycles. The van der Waals surface area contributed by atoms with Gasteiger partial charge in [-0.15, -0.1) is 0 Å². The van der Waals surface area contributed by atoms with Crippen LogP contribution in [0.5, 0.6) is 0 Å². The third-order valence-electron chi connectivity index (χ3n) is 11.7. The summed E-state index contributed by atoms with van der Waals surface area (Å²) in [7, 11) is 0. The highest BCUT2D eigenvalue weighted by atomic mass is 15.0. The Balaban J connectivity index is 1.05. The van der Waals surface area contributed by atoms with E-state index in [-0.39, 0.29) is 0 Å². The van der Waals surface area contributed by atoms with Gasteiger partial charge in [0.25, 0.3) is 0 Å². The molecule has 0 aliphatic heterocycles.